The van der Waals surface area contributed by atoms with E-state index in [1.54, 1.807) is 0 Å². The summed E-state index contributed by atoms with van der Waals surface area (Å²) in [4.78, 5) is 22.4. The van der Waals surface area contributed by atoms with Crippen LogP contribution in [0.5, 0.6) is 0 Å². The summed E-state index contributed by atoms with van der Waals surface area (Å²) in [6, 6.07) is 10.3. The van der Waals surface area contributed by atoms with E-state index in [-0.39, 0.29) is 6.04 Å². The monoisotopic (exact) mass is 429 g/mol. The Bertz CT molecular complexity index is 725. The summed E-state index contributed by atoms with van der Waals surface area (Å²) in [5.74, 6) is 0.927. The van der Waals surface area contributed by atoms with Crippen LogP contribution in [0.25, 0.3) is 0 Å². The summed E-state index contributed by atoms with van der Waals surface area (Å²) in [5, 5.41) is 6.46. The number of benzene rings is 1. The zero-order chi connectivity index (χ0) is 22.3. The summed E-state index contributed by atoms with van der Waals surface area (Å²) >= 11 is 0. The first-order chi connectivity index (χ1) is 14.9. The molecule has 172 valence electrons. The summed E-state index contributed by atoms with van der Waals surface area (Å²) < 4.78 is 5.48. The van der Waals surface area contributed by atoms with Gasteiger partial charge < -0.3 is 20.3 Å². The van der Waals surface area contributed by atoms with Crippen LogP contribution in [0, 0.1) is 0 Å². The lowest BCUT2D eigenvalue weighted by atomic mass is 10.1. The van der Waals surface area contributed by atoms with E-state index in [0.29, 0.717) is 12.6 Å². The maximum atomic E-state index is 12.4. The molecule has 2 fully saturated rings. The highest BCUT2D eigenvalue weighted by Gasteiger charge is 2.31. The van der Waals surface area contributed by atoms with Crippen molar-refractivity contribution in [3.05, 3.63) is 35.9 Å². The van der Waals surface area contributed by atoms with Crippen molar-refractivity contribution in [2.45, 2.75) is 64.6 Å². The number of guanidine groups is 1. The zero-order valence-corrected chi connectivity index (χ0v) is 19.6. The molecule has 1 amide bonds. The summed E-state index contributed by atoms with van der Waals surface area (Å²) in [5.41, 5.74) is 0.480. The summed E-state index contributed by atoms with van der Waals surface area (Å²) in [6.45, 7) is 13.5. The Labute approximate surface area is 187 Å². The third kappa shape index (κ3) is 7.13. The van der Waals surface area contributed by atoms with Gasteiger partial charge in [-0.05, 0) is 65.6 Å². The lowest BCUT2D eigenvalue weighted by molar-refractivity contribution is 0.0505. The van der Waals surface area contributed by atoms with E-state index in [2.05, 4.69) is 27.4 Å². The minimum Gasteiger partial charge on any atom is -0.444 e. The number of carbonyl (C=O) groups is 1. The molecule has 0 saturated carbocycles. The van der Waals surface area contributed by atoms with Gasteiger partial charge in [-0.15, -0.1) is 0 Å². The van der Waals surface area contributed by atoms with Gasteiger partial charge in [-0.25, -0.2) is 4.79 Å². The van der Waals surface area contributed by atoms with Crippen LogP contribution >= 0.6 is 0 Å². The molecule has 2 aliphatic rings. The number of hydrogen-bond donors (Lipinski definition) is 2. The van der Waals surface area contributed by atoms with Crippen molar-refractivity contribution < 1.29 is 9.53 Å². The maximum absolute atomic E-state index is 12.4. The van der Waals surface area contributed by atoms with E-state index < -0.39 is 11.7 Å². The molecular weight excluding hydrogens is 390 g/mol. The standard InChI is InChI=1S/C24H39N5O2/c1-5-25-22(29-16-13-20(18-29)28-14-9-10-15-28)26-17-21(19-11-7-6-8-12-19)27-23(30)31-24(2,3)4/h6-8,11-12,20-21H,5,9-10,13-18H2,1-4H3,(H,25,26)(H,27,30). The van der Waals surface area contributed by atoms with Crippen molar-refractivity contribution in [3.63, 3.8) is 0 Å². The van der Waals surface area contributed by atoms with E-state index in [1.165, 1.54) is 32.4 Å². The molecule has 2 unspecified atom stereocenters. The van der Waals surface area contributed by atoms with Crippen LogP contribution in [-0.2, 0) is 4.74 Å². The average Bonchev–Trinajstić information content (AvgIpc) is 3.41. The second kappa shape index (κ2) is 10.8. The maximum Gasteiger partial charge on any atom is 0.408 e. The van der Waals surface area contributed by atoms with Crippen molar-refractivity contribution >= 4 is 12.1 Å². The number of aliphatic imine (C=N–C) groups is 1. The van der Waals surface area contributed by atoms with E-state index in [0.717, 1.165) is 31.2 Å². The molecule has 1 aromatic carbocycles. The van der Waals surface area contributed by atoms with Crippen LogP contribution in [0.1, 0.15) is 58.6 Å². The molecule has 2 N–H and O–H groups in total. The second-order valence-electron chi connectivity index (χ2n) is 9.44. The number of amides is 1. The van der Waals surface area contributed by atoms with Gasteiger partial charge in [-0.3, -0.25) is 9.89 Å². The number of hydrogen-bond acceptors (Lipinski definition) is 4. The van der Waals surface area contributed by atoms with Crippen LogP contribution in [0.4, 0.5) is 4.79 Å². The van der Waals surface area contributed by atoms with Crippen molar-refractivity contribution in [3.8, 4) is 0 Å². The topological polar surface area (TPSA) is 69.2 Å². The van der Waals surface area contributed by atoms with Crippen LogP contribution in [0.3, 0.4) is 0 Å². The number of carbonyl (C=O) groups excluding carboxylic acids is 1. The van der Waals surface area contributed by atoms with Crippen molar-refractivity contribution in [2.75, 3.05) is 39.3 Å². The zero-order valence-electron chi connectivity index (χ0n) is 19.6. The summed E-state index contributed by atoms with van der Waals surface area (Å²) in [6.07, 6.45) is 3.40. The molecule has 0 bridgehead atoms. The molecule has 7 heteroatoms. The molecule has 0 aliphatic carbocycles. The first-order valence-electron chi connectivity index (χ1n) is 11.7. The Hall–Kier alpha value is -2.28. The van der Waals surface area contributed by atoms with Crippen LogP contribution < -0.4 is 10.6 Å². The Morgan fingerprint density at radius 3 is 2.55 bits per heavy atom. The Balaban J connectivity index is 1.69. The van der Waals surface area contributed by atoms with Gasteiger partial charge in [-0.2, -0.15) is 0 Å². The van der Waals surface area contributed by atoms with Crippen LogP contribution in [-0.4, -0.2) is 72.8 Å². The number of likely N-dealkylation sites (tertiary alicyclic amines) is 2. The first kappa shape index (κ1) is 23.4. The fraction of sp³-hybridized carbons (Fsp3) is 0.667. The van der Waals surface area contributed by atoms with Gasteiger partial charge in [0.1, 0.15) is 5.60 Å². The number of ether oxygens (including phenoxy) is 1. The summed E-state index contributed by atoms with van der Waals surface area (Å²) in [7, 11) is 0. The van der Waals surface area contributed by atoms with Gasteiger partial charge in [-0.1, -0.05) is 30.3 Å². The quantitative estimate of drug-likeness (QED) is 0.536. The van der Waals surface area contributed by atoms with E-state index in [4.69, 9.17) is 9.73 Å². The van der Waals surface area contributed by atoms with Crippen molar-refractivity contribution in [1.29, 1.82) is 0 Å². The lowest BCUT2D eigenvalue weighted by Gasteiger charge is -2.26. The molecule has 2 aliphatic heterocycles. The number of nitrogens with one attached hydrogen (secondary N) is 2. The molecule has 0 spiro atoms. The molecule has 2 heterocycles. The molecule has 31 heavy (non-hydrogen) atoms. The minimum absolute atomic E-state index is 0.248. The highest BCUT2D eigenvalue weighted by molar-refractivity contribution is 5.80. The third-order valence-corrected chi connectivity index (χ3v) is 5.77. The van der Waals surface area contributed by atoms with Gasteiger partial charge in [0.2, 0.25) is 0 Å². The Morgan fingerprint density at radius 2 is 1.90 bits per heavy atom. The molecule has 3 rings (SSSR count). The molecule has 7 nitrogen and oxygen atoms in total. The molecule has 2 atom stereocenters. The number of alkyl carbamates (subject to hydrolysis) is 1. The van der Waals surface area contributed by atoms with E-state index in [1.807, 2.05) is 51.1 Å². The Kier molecular flexibility index (Phi) is 8.18. The smallest absolute Gasteiger partial charge is 0.408 e. The van der Waals surface area contributed by atoms with Gasteiger partial charge >= 0.3 is 6.09 Å². The van der Waals surface area contributed by atoms with Gasteiger partial charge in [0, 0.05) is 25.7 Å². The SMILES string of the molecule is CCNC(=NCC(NC(=O)OC(C)(C)C)c1ccccc1)N1CCC(N2CCCC2)C1. The molecule has 1 aromatic rings. The highest BCUT2D eigenvalue weighted by atomic mass is 16.6. The van der Waals surface area contributed by atoms with Crippen LogP contribution in [0.2, 0.25) is 0 Å². The molecular formula is C24H39N5O2. The van der Waals surface area contributed by atoms with Gasteiger partial charge in [0.05, 0.1) is 12.6 Å². The minimum atomic E-state index is -0.538. The largest absolute Gasteiger partial charge is 0.444 e. The fourth-order valence-corrected chi connectivity index (χ4v) is 4.31. The van der Waals surface area contributed by atoms with Crippen LogP contribution in [0.15, 0.2) is 35.3 Å². The van der Waals surface area contributed by atoms with E-state index >= 15 is 0 Å². The van der Waals surface area contributed by atoms with Gasteiger partial charge in [0.15, 0.2) is 5.96 Å². The molecule has 0 aromatic heterocycles. The first-order valence-corrected chi connectivity index (χ1v) is 11.7. The average molecular weight is 430 g/mol. The fourth-order valence-electron chi connectivity index (χ4n) is 4.31. The molecule has 2 saturated heterocycles. The molecule has 0 radical (unpaired) electrons. The van der Waals surface area contributed by atoms with Gasteiger partial charge in [0.25, 0.3) is 0 Å². The second-order valence-corrected chi connectivity index (χ2v) is 9.44. The van der Waals surface area contributed by atoms with E-state index in [9.17, 15) is 4.79 Å². The number of nitrogens with zero attached hydrogens (tertiary/aromatic N) is 3. The van der Waals surface area contributed by atoms with Crippen molar-refractivity contribution in [2.24, 2.45) is 4.99 Å². The Morgan fingerprint density at radius 1 is 1.19 bits per heavy atom. The highest BCUT2D eigenvalue weighted by Crippen LogP contribution is 2.21. The predicted molar refractivity (Wildman–Crippen MR) is 125 cm³/mol. The predicted octanol–water partition coefficient (Wildman–Crippen LogP) is 3.39. The number of rotatable bonds is 6. The lowest BCUT2D eigenvalue weighted by Crippen LogP contribution is -2.43. The normalized spacial score (nSPS) is 21.2. The third-order valence-electron chi connectivity index (χ3n) is 5.77. The van der Waals surface area contributed by atoms with Crippen molar-refractivity contribution in [1.82, 2.24) is 20.4 Å².